The molecule has 5 aromatic rings. The Hall–Kier alpha value is -4.71. The van der Waals surface area contributed by atoms with Crippen LogP contribution in [0.5, 0.6) is 0 Å². The third-order valence-electron chi connectivity index (χ3n) is 12.9. The number of rotatable bonds is 0. The molecule has 0 bridgehead atoms. The molecule has 0 unspecified atom stereocenters. The first kappa shape index (κ1) is 57.9. The van der Waals surface area contributed by atoms with Gasteiger partial charge in [0.05, 0.1) is 6.20 Å². The molecular formula is C58H89N7O4S. The zero-order valence-corrected chi connectivity index (χ0v) is 47.4. The molecule has 0 saturated carbocycles. The summed E-state index contributed by atoms with van der Waals surface area (Å²) in [7, 11) is 0. The van der Waals surface area contributed by atoms with Crippen LogP contribution in [0, 0.1) is 0 Å². The second kappa shape index (κ2) is 23.7. The highest BCUT2D eigenvalue weighted by atomic mass is 32.1. The van der Waals surface area contributed by atoms with Gasteiger partial charge in [0.2, 0.25) is 5.91 Å². The lowest BCUT2D eigenvalue weighted by Crippen LogP contribution is -2.47. The average molecular weight is 980 g/mol. The molecule has 1 N–H and O–H groups in total. The lowest BCUT2D eigenvalue weighted by Gasteiger charge is -2.38. The number of hydrogen-bond donors (Lipinski definition) is 1. The number of aromatic amines is 1. The monoisotopic (exact) mass is 980 g/mol. The number of H-pyrrole nitrogens is 1. The first-order chi connectivity index (χ1) is 32.3. The number of fused-ring (bicyclic) bond motifs is 3. The Bertz CT molecular complexity index is 2490. The fourth-order valence-corrected chi connectivity index (χ4v) is 9.31. The maximum absolute atomic E-state index is 12.0. The van der Waals surface area contributed by atoms with Crippen molar-refractivity contribution in [3.8, 4) is 0 Å². The minimum Gasteiger partial charge on any atom is -0.364 e. The molecule has 4 aliphatic rings. The normalized spacial score (nSPS) is 15.5. The SMILES string of the molecule is CC(C)(C)N1CCCCC1=O.CC(C)(C)c1cc2c([nH]c1=O)CCC2.CC(C)(C)c1ccsc1.CC(C)(C)c1cnoc1.CC(C)(C)c1ncc2c(n1)CCC2.CC(C)(C)c1ncc2n(c1=O)CCC2. The predicted molar refractivity (Wildman–Crippen MR) is 290 cm³/mol. The third-order valence-corrected chi connectivity index (χ3v) is 13.5. The Balaban J connectivity index is 0.000000184. The van der Waals surface area contributed by atoms with Gasteiger partial charge in [-0.05, 0) is 141 Å². The maximum Gasteiger partial charge on any atom is 0.272 e. The van der Waals surface area contributed by atoms with Gasteiger partial charge < -0.3 is 19.0 Å². The quantitative estimate of drug-likeness (QED) is 0.162. The number of carbonyl (C=O) groups excluding carboxylic acids is 1. The summed E-state index contributed by atoms with van der Waals surface area (Å²) in [5.41, 5.74) is 11.0. The Morgan fingerprint density at radius 1 is 0.614 bits per heavy atom. The molecule has 12 heteroatoms. The number of carbonyl (C=O) groups is 1. The van der Waals surface area contributed by atoms with Gasteiger partial charge in [-0.2, -0.15) is 11.3 Å². The zero-order chi connectivity index (χ0) is 52.5. The molecule has 0 aromatic carbocycles. The van der Waals surface area contributed by atoms with Crippen LogP contribution in [0.4, 0.5) is 0 Å². The summed E-state index contributed by atoms with van der Waals surface area (Å²) in [5, 5.41) is 7.95. The number of aryl methyl sites for hydroxylation is 5. The van der Waals surface area contributed by atoms with Crippen molar-refractivity contribution in [2.75, 3.05) is 6.54 Å². The third kappa shape index (κ3) is 17.0. The Morgan fingerprint density at radius 2 is 1.27 bits per heavy atom. The summed E-state index contributed by atoms with van der Waals surface area (Å²) in [6.45, 7) is 40.0. The van der Waals surface area contributed by atoms with Crippen molar-refractivity contribution in [3.05, 3.63) is 125 Å². The molecule has 1 amide bonds. The molecule has 0 radical (unpaired) electrons. The Morgan fingerprint density at radius 3 is 1.77 bits per heavy atom. The van der Waals surface area contributed by atoms with Gasteiger partial charge in [0.1, 0.15) is 17.8 Å². The summed E-state index contributed by atoms with van der Waals surface area (Å²) in [6, 6.07) is 4.28. The summed E-state index contributed by atoms with van der Waals surface area (Å²) < 4.78 is 6.56. The van der Waals surface area contributed by atoms with Gasteiger partial charge in [-0.25, -0.2) is 9.97 Å². The molecule has 1 fully saturated rings. The van der Waals surface area contributed by atoms with Gasteiger partial charge in [-0.3, -0.25) is 19.4 Å². The number of aromatic nitrogens is 6. The zero-order valence-electron chi connectivity index (χ0n) is 46.5. The standard InChI is InChI=1S/C12H17NO.C11H16N2O.C11H16N2.C9H17NO.C8H12S.C7H11NO/c1-12(2,3)9-7-8-5-4-6-10(8)13-11(9)14;1-11(2,3)9-10(14)13-6-4-5-8(13)7-12-9;1-11(2,3)10-12-7-8-5-4-6-9(8)13-10;1-9(2,3)10-7-5-4-6-8(10)11;1-8(2,3)7-4-5-9-6-7;1-7(2,3)6-4-8-9-5-6/h7H,4-6H2,1-3H3,(H,13,14);7H,4-6H2,1-3H3;7H,4-6H2,1-3H3;4-7H2,1-3H3;4-6H,1-3H3;4-5H,1-3H3. The molecule has 2 aliphatic carbocycles. The van der Waals surface area contributed by atoms with E-state index in [1.165, 1.54) is 48.1 Å². The second-order valence-electron chi connectivity index (χ2n) is 25.4. The summed E-state index contributed by atoms with van der Waals surface area (Å²) in [5.74, 6) is 1.30. The van der Waals surface area contributed by atoms with Crippen molar-refractivity contribution in [1.29, 1.82) is 0 Å². The first-order valence-electron chi connectivity index (χ1n) is 25.7. The first-order valence-corrected chi connectivity index (χ1v) is 26.7. The van der Waals surface area contributed by atoms with Crippen LogP contribution in [0.15, 0.2) is 61.9 Å². The van der Waals surface area contributed by atoms with Crippen LogP contribution in [-0.2, 0) is 70.5 Å². The second-order valence-corrected chi connectivity index (χ2v) is 26.2. The lowest BCUT2D eigenvalue weighted by molar-refractivity contribution is -0.138. The molecule has 0 spiro atoms. The van der Waals surface area contributed by atoms with Gasteiger partial charge in [-0.1, -0.05) is 109 Å². The van der Waals surface area contributed by atoms with Gasteiger partial charge in [-0.15, -0.1) is 0 Å². The molecule has 70 heavy (non-hydrogen) atoms. The van der Waals surface area contributed by atoms with Crippen LogP contribution < -0.4 is 11.1 Å². The molecule has 386 valence electrons. The van der Waals surface area contributed by atoms with Crippen LogP contribution >= 0.6 is 11.3 Å². The van der Waals surface area contributed by atoms with Crippen LogP contribution in [0.2, 0.25) is 0 Å². The number of hydrogen-bond acceptors (Lipinski definition) is 9. The van der Waals surface area contributed by atoms with Crippen molar-refractivity contribution in [1.82, 2.24) is 34.6 Å². The molecule has 0 atom stereocenters. The number of nitrogens with zero attached hydrogens (tertiary/aromatic N) is 6. The number of amides is 1. The van der Waals surface area contributed by atoms with Crippen molar-refractivity contribution >= 4 is 17.2 Å². The topological polar surface area (TPSA) is 140 Å². The summed E-state index contributed by atoms with van der Waals surface area (Å²) in [4.78, 5) is 53.4. The Kier molecular flexibility index (Phi) is 19.6. The fraction of sp³-hybridized carbons (Fsp3) is 0.638. The minimum atomic E-state index is -0.151. The number of nitrogens with one attached hydrogen (secondary N) is 1. The fourth-order valence-electron chi connectivity index (χ4n) is 8.43. The molecule has 7 heterocycles. The number of piperidine rings is 1. The molecule has 5 aromatic heterocycles. The number of pyridine rings is 1. The maximum atomic E-state index is 12.0. The van der Waals surface area contributed by atoms with E-state index >= 15 is 0 Å². The number of thiophene rings is 1. The predicted octanol–water partition coefficient (Wildman–Crippen LogP) is 12.7. The van der Waals surface area contributed by atoms with Crippen LogP contribution in [-0.4, -0.2) is 52.6 Å². The average Bonchev–Trinajstić information content (AvgIpc) is 4.10. The van der Waals surface area contributed by atoms with Gasteiger partial charge >= 0.3 is 0 Å². The van der Waals surface area contributed by atoms with Gasteiger partial charge in [0, 0.05) is 76.5 Å². The van der Waals surface area contributed by atoms with Gasteiger partial charge in [0.25, 0.3) is 11.1 Å². The van der Waals surface area contributed by atoms with E-state index < -0.39 is 0 Å². The largest absolute Gasteiger partial charge is 0.364 e. The molecule has 1 saturated heterocycles. The van der Waals surface area contributed by atoms with Crippen molar-refractivity contribution in [3.63, 3.8) is 0 Å². The van der Waals surface area contributed by atoms with Gasteiger partial charge in [0.15, 0.2) is 0 Å². The highest BCUT2D eigenvalue weighted by Crippen LogP contribution is 2.27. The van der Waals surface area contributed by atoms with E-state index in [9.17, 15) is 14.4 Å². The van der Waals surface area contributed by atoms with Crippen LogP contribution in [0.1, 0.15) is 220 Å². The molecular weight excluding hydrogens is 891 g/mol. The van der Waals surface area contributed by atoms with E-state index in [-0.39, 0.29) is 38.3 Å². The molecule has 2 aliphatic heterocycles. The summed E-state index contributed by atoms with van der Waals surface area (Å²) >= 11 is 1.77. The van der Waals surface area contributed by atoms with E-state index in [1.54, 1.807) is 23.8 Å². The summed E-state index contributed by atoms with van der Waals surface area (Å²) in [6.07, 6.45) is 19.2. The van der Waals surface area contributed by atoms with Crippen molar-refractivity contribution < 1.29 is 9.32 Å². The highest BCUT2D eigenvalue weighted by Gasteiger charge is 2.28. The van der Waals surface area contributed by atoms with E-state index in [4.69, 9.17) is 4.52 Å². The minimum absolute atomic E-state index is 0.0253. The molecule has 9 rings (SSSR count). The van der Waals surface area contributed by atoms with Crippen molar-refractivity contribution in [2.45, 2.75) is 234 Å². The van der Waals surface area contributed by atoms with E-state index in [2.05, 4.69) is 152 Å². The molecule has 11 nitrogen and oxygen atoms in total. The lowest BCUT2D eigenvalue weighted by atomic mass is 9.87. The Labute approximate surface area is 425 Å². The highest BCUT2D eigenvalue weighted by molar-refractivity contribution is 7.08. The van der Waals surface area contributed by atoms with Crippen molar-refractivity contribution in [2.24, 2.45) is 0 Å². The van der Waals surface area contributed by atoms with Crippen LogP contribution in [0.3, 0.4) is 0 Å². The van der Waals surface area contributed by atoms with E-state index in [0.29, 0.717) is 17.0 Å². The smallest absolute Gasteiger partial charge is 0.272 e. The van der Waals surface area contributed by atoms with E-state index in [0.717, 1.165) is 86.4 Å². The van der Waals surface area contributed by atoms with E-state index in [1.807, 2.05) is 42.6 Å². The van der Waals surface area contributed by atoms with Crippen LogP contribution in [0.25, 0.3) is 0 Å². The number of likely N-dealkylation sites (tertiary alicyclic amines) is 1.